The summed E-state index contributed by atoms with van der Waals surface area (Å²) in [6.07, 6.45) is 8.66. The van der Waals surface area contributed by atoms with Crippen LogP contribution < -0.4 is 10.6 Å². The Bertz CT molecular complexity index is 558. The van der Waals surface area contributed by atoms with Crippen LogP contribution in [0.1, 0.15) is 58.8 Å². The number of hydrogen-bond donors (Lipinski definition) is 2. The normalized spacial score (nSPS) is 23.0. The van der Waals surface area contributed by atoms with Gasteiger partial charge in [0, 0.05) is 64.3 Å². The van der Waals surface area contributed by atoms with E-state index in [1.165, 1.54) is 45.2 Å². The molecule has 0 spiro atoms. The van der Waals surface area contributed by atoms with Crippen LogP contribution in [0, 0.1) is 5.92 Å². The molecule has 3 rings (SSSR count). The van der Waals surface area contributed by atoms with E-state index in [1.54, 1.807) is 0 Å². The standard InChI is InChI=1S/C23H44N6O/c1-23(2,29-12-7-4-8-13-29)19-26-22(24-3)25-11-14-27-15-17-28(18-16-27)21(30)20-9-5-6-10-20/h20H,4-19H2,1-3H3,(H2,24,25,26). The van der Waals surface area contributed by atoms with Crippen LogP contribution in [0.3, 0.4) is 0 Å². The molecule has 3 fully saturated rings. The molecule has 0 radical (unpaired) electrons. The highest BCUT2D eigenvalue weighted by Crippen LogP contribution is 2.27. The first-order valence-electron chi connectivity index (χ1n) is 12.2. The van der Waals surface area contributed by atoms with E-state index in [-0.39, 0.29) is 5.54 Å². The molecule has 0 bridgehead atoms. The van der Waals surface area contributed by atoms with Gasteiger partial charge in [0.1, 0.15) is 0 Å². The lowest BCUT2D eigenvalue weighted by Gasteiger charge is -2.41. The number of nitrogens with zero attached hydrogens (tertiary/aromatic N) is 4. The van der Waals surface area contributed by atoms with Crippen molar-refractivity contribution in [2.75, 3.05) is 66.0 Å². The Morgan fingerprint density at radius 1 is 0.933 bits per heavy atom. The number of piperazine rings is 1. The third kappa shape index (κ3) is 6.58. The molecule has 2 heterocycles. The first-order chi connectivity index (χ1) is 14.5. The highest BCUT2D eigenvalue weighted by Gasteiger charge is 2.30. The van der Waals surface area contributed by atoms with Crippen LogP contribution in [0.5, 0.6) is 0 Å². The summed E-state index contributed by atoms with van der Waals surface area (Å²) in [7, 11) is 1.84. The number of carbonyl (C=O) groups is 1. The third-order valence-electron chi connectivity index (χ3n) is 7.23. The molecule has 2 saturated heterocycles. The van der Waals surface area contributed by atoms with Gasteiger partial charge in [-0.05, 0) is 52.6 Å². The van der Waals surface area contributed by atoms with Crippen LogP contribution in [0.25, 0.3) is 0 Å². The average Bonchev–Trinajstić information content (AvgIpc) is 3.31. The van der Waals surface area contributed by atoms with Crippen molar-refractivity contribution >= 4 is 11.9 Å². The van der Waals surface area contributed by atoms with Gasteiger partial charge in [-0.2, -0.15) is 0 Å². The predicted molar refractivity (Wildman–Crippen MR) is 124 cm³/mol. The molecule has 0 unspecified atom stereocenters. The molecule has 3 aliphatic rings. The number of nitrogens with one attached hydrogen (secondary N) is 2. The van der Waals surface area contributed by atoms with Crippen molar-refractivity contribution < 1.29 is 4.79 Å². The van der Waals surface area contributed by atoms with E-state index in [1.807, 2.05) is 7.05 Å². The number of piperidine rings is 1. The molecule has 1 amide bonds. The SMILES string of the molecule is CN=C(NCCN1CCN(C(=O)C2CCCC2)CC1)NCC(C)(C)N1CCCCC1. The number of guanidine groups is 1. The topological polar surface area (TPSA) is 63.2 Å². The largest absolute Gasteiger partial charge is 0.355 e. The molecule has 0 aromatic heterocycles. The number of amides is 1. The van der Waals surface area contributed by atoms with Crippen LogP contribution in [0.4, 0.5) is 0 Å². The first kappa shape index (κ1) is 23.3. The van der Waals surface area contributed by atoms with Gasteiger partial charge >= 0.3 is 0 Å². The van der Waals surface area contributed by atoms with Crippen molar-refractivity contribution in [2.24, 2.45) is 10.9 Å². The molecule has 0 aromatic carbocycles. The maximum absolute atomic E-state index is 12.6. The van der Waals surface area contributed by atoms with Crippen LogP contribution in [-0.4, -0.2) is 98.1 Å². The summed E-state index contributed by atoms with van der Waals surface area (Å²) in [6, 6.07) is 0. The minimum absolute atomic E-state index is 0.139. The molecule has 172 valence electrons. The summed E-state index contributed by atoms with van der Waals surface area (Å²) >= 11 is 0. The number of aliphatic imine (C=N–C) groups is 1. The molecule has 0 aromatic rings. The van der Waals surface area contributed by atoms with E-state index in [0.29, 0.717) is 11.8 Å². The molecule has 2 N–H and O–H groups in total. The Hall–Kier alpha value is -1.34. The smallest absolute Gasteiger partial charge is 0.225 e. The fraction of sp³-hybridized carbons (Fsp3) is 0.913. The summed E-state index contributed by atoms with van der Waals surface area (Å²) in [5.41, 5.74) is 0.139. The van der Waals surface area contributed by atoms with Gasteiger partial charge in [0.25, 0.3) is 0 Å². The summed E-state index contributed by atoms with van der Waals surface area (Å²) in [6.45, 7) is 13.5. The third-order valence-corrected chi connectivity index (χ3v) is 7.23. The predicted octanol–water partition coefficient (Wildman–Crippen LogP) is 1.75. The van der Waals surface area contributed by atoms with E-state index in [4.69, 9.17) is 0 Å². The molecule has 1 aliphatic carbocycles. The molecule has 30 heavy (non-hydrogen) atoms. The van der Waals surface area contributed by atoms with Gasteiger partial charge in [0.15, 0.2) is 5.96 Å². The molecule has 7 nitrogen and oxygen atoms in total. The molecular weight excluding hydrogens is 376 g/mol. The van der Waals surface area contributed by atoms with Gasteiger partial charge < -0.3 is 15.5 Å². The lowest BCUT2D eigenvalue weighted by molar-refractivity contribution is -0.137. The van der Waals surface area contributed by atoms with E-state index >= 15 is 0 Å². The fourth-order valence-electron chi connectivity index (χ4n) is 5.09. The summed E-state index contributed by atoms with van der Waals surface area (Å²) < 4.78 is 0. The molecular formula is C23H44N6O. The van der Waals surface area contributed by atoms with E-state index in [0.717, 1.165) is 64.6 Å². The first-order valence-corrected chi connectivity index (χ1v) is 12.2. The fourth-order valence-corrected chi connectivity index (χ4v) is 5.09. The lowest BCUT2D eigenvalue weighted by Crippen LogP contribution is -2.55. The second-order valence-electron chi connectivity index (χ2n) is 9.86. The van der Waals surface area contributed by atoms with Gasteiger partial charge in [-0.15, -0.1) is 0 Å². The van der Waals surface area contributed by atoms with Gasteiger partial charge in [0.05, 0.1) is 0 Å². The molecule has 1 saturated carbocycles. The number of likely N-dealkylation sites (tertiary alicyclic amines) is 1. The Kier molecular flexibility index (Phi) is 8.81. The van der Waals surface area contributed by atoms with Crippen molar-refractivity contribution in [2.45, 2.75) is 64.3 Å². The second kappa shape index (κ2) is 11.3. The maximum atomic E-state index is 12.6. The Labute approximate surface area is 183 Å². The summed E-state index contributed by atoms with van der Waals surface area (Å²) in [5, 5.41) is 6.99. The Morgan fingerprint density at radius 3 is 2.23 bits per heavy atom. The van der Waals surface area contributed by atoms with Crippen LogP contribution in [0.15, 0.2) is 4.99 Å². The highest BCUT2D eigenvalue weighted by molar-refractivity contribution is 5.80. The second-order valence-corrected chi connectivity index (χ2v) is 9.86. The van der Waals surface area contributed by atoms with Crippen molar-refractivity contribution in [3.05, 3.63) is 0 Å². The highest BCUT2D eigenvalue weighted by atomic mass is 16.2. The maximum Gasteiger partial charge on any atom is 0.225 e. The zero-order chi connectivity index (χ0) is 21.4. The number of rotatable bonds is 7. The zero-order valence-electron chi connectivity index (χ0n) is 19.6. The quantitative estimate of drug-likeness (QED) is 0.485. The summed E-state index contributed by atoms with van der Waals surface area (Å²) in [4.78, 5) is 24.1. The van der Waals surface area contributed by atoms with Crippen molar-refractivity contribution in [1.29, 1.82) is 0 Å². The Morgan fingerprint density at radius 2 is 1.60 bits per heavy atom. The van der Waals surface area contributed by atoms with Gasteiger partial charge in [-0.1, -0.05) is 19.3 Å². The van der Waals surface area contributed by atoms with E-state index in [2.05, 4.69) is 44.2 Å². The molecule has 7 heteroatoms. The molecule has 2 aliphatic heterocycles. The van der Waals surface area contributed by atoms with Gasteiger partial charge in [-0.3, -0.25) is 19.6 Å². The van der Waals surface area contributed by atoms with E-state index < -0.39 is 0 Å². The Balaban J connectivity index is 1.31. The zero-order valence-corrected chi connectivity index (χ0v) is 19.6. The van der Waals surface area contributed by atoms with E-state index in [9.17, 15) is 4.79 Å². The number of carbonyl (C=O) groups excluding carboxylic acids is 1. The van der Waals surface area contributed by atoms with Crippen molar-refractivity contribution in [3.63, 3.8) is 0 Å². The van der Waals surface area contributed by atoms with Crippen LogP contribution in [-0.2, 0) is 4.79 Å². The average molecular weight is 421 g/mol. The lowest BCUT2D eigenvalue weighted by atomic mass is 9.98. The van der Waals surface area contributed by atoms with Gasteiger partial charge in [-0.25, -0.2) is 0 Å². The monoisotopic (exact) mass is 420 g/mol. The van der Waals surface area contributed by atoms with Crippen LogP contribution >= 0.6 is 0 Å². The molecule has 0 atom stereocenters. The summed E-state index contributed by atoms with van der Waals surface area (Å²) in [5.74, 6) is 1.60. The minimum atomic E-state index is 0.139. The van der Waals surface area contributed by atoms with Crippen molar-refractivity contribution in [3.8, 4) is 0 Å². The number of hydrogen-bond acceptors (Lipinski definition) is 4. The van der Waals surface area contributed by atoms with Gasteiger partial charge in [0.2, 0.25) is 5.91 Å². The van der Waals surface area contributed by atoms with Crippen molar-refractivity contribution in [1.82, 2.24) is 25.3 Å². The van der Waals surface area contributed by atoms with Crippen LogP contribution in [0.2, 0.25) is 0 Å². The minimum Gasteiger partial charge on any atom is -0.355 e.